The average molecular weight is 403 g/mol. The van der Waals surface area contributed by atoms with Gasteiger partial charge in [0, 0.05) is 24.0 Å². The standard InChI is InChI=1S/C20H26N4O3S/c1-20(2,3)27-19(26)21-10-17(25)23-18-22-16(12-28-18)14-5-6-15-11-24(4)8-7-13(15)9-14/h5-6,9,12H,7-8,10-11H2,1-4H3,(H,21,26)(H,22,23,25). The fourth-order valence-corrected chi connectivity index (χ4v) is 3.68. The van der Waals surface area contributed by atoms with E-state index in [9.17, 15) is 9.59 Å². The van der Waals surface area contributed by atoms with E-state index in [-0.39, 0.29) is 12.5 Å². The van der Waals surface area contributed by atoms with Crippen molar-refractivity contribution in [2.75, 3.05) is 25.5 Å². The van der Waals surface area contributed by atoms with Crippen molar-refractivity contribution in [1.82, 2.24) is 15.2 Å². The highest BCUT2D eigenvalue weighted by Crippen LogP contribution is 2.28. The summed E-state index contributed by atoms with van der Waals surface area (Å²) < 4.78 is 5.11. The number of benzene rings is 1. The van der Waals surface area contributed by atoms with Crippen LogP contribution in [0.25, 0.3) is 11.3 Å². The SMILES string of the molecule is CN1CCc2cc(-c3csc(NC(=O)CNC(=O)OC(C)(C)C)n3)ccc2C1. The van der Waals surface area contributed by atoms with E-state index in [1.165, 1.54) is 22.5 Å². The lowest BCUT2D eigenvalue weighted by Crippen LogP contribution is -2.37. The van der Waals surface area contributed by atoms with Gasteiger partial charge in [0.2, 0.25) is 5.91 Å². The molecular weight excluding hydrogens is 376 g/mol. The second-order valence-corrected chi connectivity index (χ2v) is 8.77. The van der Waals surface area contributed by atoms with Crippen LogP contribution in [0.2, 0.25) is 0 Å². The Bertz CT molecular complexity index is 873. The van der Waals surface area contributed by atoms with Gasteiger partial charge < -0.3 is 20.3 Å². The number of ether oxygens (including phenoxy) is 1. The summed E-state index contributed by atoms with van der Waals surface area (Å²) in [5.41, 5.74) is 3.99. The summed E-state index contributed by atoms with van der Waals surface area (Å²) in [4.78, 5) is 30.5. The Kier molecular flexibility index (Phi) is 6.00. The molecule has 0 radical (unpaired) electrons. The van der Waals surface area contributed by atoms with Crippen LogP contribution in [0.3, 0.4) is 0 Å². The molecule has 2 heterocycles. The summed E-state index contributed by atoms with van der Waals surface area (Å²) >= 11 is 1.36. The Labute approximate surface area is 169 Å². The van der Waals surface area contributed by atoms with Gasteiger partial charge in [-0.2, -0.15) is 0 Å². The van der Waals surface area contributed by atoms with Gasteiger partial charge >= 0.3 is 6.09 Å². The van der Waals surface area contributed by atoms with Gasteiger partial charge in [-0.15, -0.1) is 11.3 Å². The number of amides is 2. The number of nitrogens with one attached hydrogen (secondary N) is 2. The van der Waals surface area contributed by atoms with Gasteiger partial charge in [0.15, 0.2) is 5.13 Å². The number of alkyl carbamates (subject to hydrolysis) is 1. The van der Waals surface area contributed by atoms with E-state index in [0.717, 1.165) is 30.8 Å². The summed E-state index contributed by atoms with van der Waals surface area (Å²) in [5, 5.41) is 7.57. The summed E-state index contributed by atoms with van der Waals surface area (Å²) in [5.74, 6) is -0.347. The maximum atomic E-state index is 12.0. The summed E-state index contributed by atoms with van der Waals surface area (Å²) in [6, 6.07) is 6.42. The van der Waals surface area contributed by atoms with Crippen molar-refractivity contribution in [2.24, 2.45) is 0 Å². The maximum absolute atomic E-state index is 12.0. The highest BCUT2D eigenvalue weighted by atomic mass is 32.1. The fourth-order valence-electron chi connectivity index (χ4n) is 2.95. The van der Waals surface area contributed by atoms with Crippen LogP contribution in [-0.2, 0) is 22.5 Å². The van der Waals surface area contributed by atoms with Gasteiger partial charge in [0.25, 0.3) is 0 Å². The third-order valence-electron chi connectivity index (χ3n) is 4.25. The first kappa shape index (κ1) is 20.3. The number of hydrogen-bond donors (Lipinski definition) is 2. The predicted octanol–water partition coefficient (Wildman–Crippen LogP) is 3.26. The molecule has 2 N–H and O–H groups in total. The molecule has 8 heteroatoms. The molecule has 0 spiro atoms. The van der Waals surface area contributed by atoms with E-state index < -0.39 is 11.7 Å². The molecule has 0 unspecified atom stereocenters. The third kappa shape index (κ3) is 5.53. The molecule has 28 heavy (non-hydrogen) atoms. The lowest BCUT2D eigenvalue weighted by Gasteiger charge is -2.25. The van der Waals surface area contributed by atoms with Gasteiger partial charge in [-0.05, 0) is 51.4 Å². The molecule has 0 bridgehead atoms. The van der Waals surface area contributed by atoms with Crippen molar-refractivity contribution in [1.29, 1.82) is 0 Å². The van der Waals surface area contributed by atoms with E-state index in [0.29, 0.717) is 5.13 Å². The predicted molar refractivity (Wildman–Crippen MR) is 110 cm³/mol. The number of anilines is 1. The second kappa shape index (κ2) is 8.28. The maximum Gasteiger partial charge on any atom is 0.408 e. The Morgan fingerprint density at radius 1 is 1.29 bits per heavy atom. The minimum atomic E-state index is -0.623. The smallest absolute Gasteiger partial charge is 0.408 e. The molecule has 0 saturated carbocycles. The third-order valence-corrected chi connectivity index (χ3v) is 5.01. The van der Waals surface area contributed by atoms with Crippen LogP contribution in [0.4, 0.5) is 9.93 Å². The van der Waals surface area contributed by atoms with Crippen molar-refractivity contribution >= 4 is 28.5 Å². The number of aromatic nitrogens is 1. The van der Waals surface area contributed by atoms with Gasteiger partial charge in [0.05, 0.1) is 5.69 Å². The zero-order chi connectivity index (χ0) is 20.3. The zero-order valence-corrected chi connectivity index (χ0v) is 17.5. The van der Waals surface area contributed by atoms with Gasteiger partial charge in [-0.25, -0.2) is 9.78 Å². The van der Waals surface area contributed by atoms with E-state index in [2.05, 4.69) is 45.8 Å². The average Bonchev–Trinajstić information content (AvgIpc) is 3.06. The number of hydrogen-bond acceptors (Lipinski definition) is 6. The van der Waals surface area contributed by atoms with Crippen LogP contribution in [-0.4, -0.2) is 47.6 Å². The number of likely N-dealkylation sites (N-methyl/N-ethyl adjacent to an activating group) is 1. The van der Waals surface area contributed by atoms with Crippen molar-refractivity contribution in [3.05, 3.63) is 34.7 Å². The Balaban J connectivity index is 1.57. The zero-order valence-electron chi connectivity index (χ0n) is 16.7. The molecule has 0 atom stereocenters. The van der Waals surface area contributed by atoms with Gasteiger partial charge in [-0.3, -0.25) is 4.79 Å². The van der Waals surface area contributed by atoms with E-state index >= 15 is 0 Å². The van der Waals surface area contributed by atoms with Gasteiger partial charge in [0.1, 0.15) is 12.1 Å². The first-order valence-corrected chi connectivity index (χ1v) is 10.1. The molecule has 3 rings (SSSR count). The summed E-state index contributed by atoms with van der Waals surface area (Å²) in [6.45, 7) is 7.16. The lowest BCUT2D eigenvalue weighted by atomic mass is 9.97. The second-order valence-electron chi connectivity index (χ2n) is 7.91. The van der Waals surface area contributed by atoms with Crippen molar-refractivity contribution in [3.63, 3.8) is 0 Å². The largest absolute Gasteiger partial charge is 0.444 e. The first-order valence-electron chi connectivity index (χ1n) is 9.22. The fraction of sp³-hybridized carbons (Fsp3) is 0.450. The van der Waals surface area contributed by atoms with E-state index in [1.807, 2.05) is 5.38 Å². The summed E-state index contributed by atoms with van der Waals surface area (Å²) in [7, 11) is 2.13. The Hall–Kier alpha value is -2.45. The minimum absolute atomic E-state index is 0.170. The molecule has 0 aliphatic carbocycles. The number of thiazole rings is 1. The van der Waals surface area contributed by atoms with Crippen LogP contribution >= 0.6 is 11.3 Å². The lowest BCUT2D eigenvalue weighted by molar-refractivity contribution is -0.115. The molecule has 1 aliphatic rings. The number of carbonyl (C=O) groups excluding carboxylic acids is 2. The molecule has 1 aromatic heterocycles. The summed E-state index contributed by atoms with van der Waals surface area (Å²) in [6.07, 6.45) is 0.409. The molecule has 0 saturated heterocycles. The number of nitrogens with zero attached hydrogens (tertiary/aromatic N) is 2. The Morgan fingerprint density at radius 2 is 2.07 bits per heavy atom. The van der Waals surface area contributed by atoms with Crippen molar-refractivity contribution in [3.8, 4) is 11.3 Å². The molecule has 150 valence electrons. The minimum Gasteiger partial charge on any atom is -0.444 e. The molecule has 7 nitrogen and oxygen atoms in total. The topological polar surface area (TPSA) is 83.6 Å². The normalized spacial score (nSPS) is 14.3. The molecule has 2 amide bonds. The van der Waals surface area contributed by atoms with E-state index in [4.69, 9.17) is 4.74 Å². The molecule has 0 fully saturated rings. The highest BCUT2D eigenvalue weighted by molar-refractivity contribution is 7.14. The molecule has 1 aromatic carbocycles. The highest BCUT2D eigenvalue weighted by Gasteiger charge is 2.17. The Morgan fingerprint density at radius 3 is 2.82 bits per heavy atom. The van der Waals surface area contributed by atoms with Crippen molar-refractivity contribution in [2.45, 2.75) is 39.3 Å². The van der Waals surface area contributed by atoms with Crippen LogP contribution < -0.4 is 10.6 Å². The van der Waals surface area contributed by atoms with Crippen LogP contribution in [0.5, 0.6) is 0 Å². The van der Waals surface area contributed by atoms with Crippen LogP contribution in [0.1, 0.15) is 31.9 Å². The molecule has 2 aromatic rings. The quantitative estimate of drug-likeness (QED) is 0.820. The number of fused-ring (bicyclic) bond motifs is 1. The van der Waals surface area contributed by atoms with Gasteiger partial charge in [-0.1, -0.05) is 12.1 Å². The number of rotatable bonds is 4. The van der Waals surface area contributed by atoms with Crippen molar-refractivity contribution < 1.29 is 14.3 Å². The van der Waals surface area contributed by atoms with Crippen LogP contribution in [0, 0.1) is 0 Å². The van der Waals surface area contributed by atoms with E-state index in [1.54, 1.807) is 20.8 Å². The first-order chi connectivity index (χ1) is 13.2. The molecular formula is C20H26N4O3S. The van der Waals surface area contributed by atoms with Crippen LogP contribution in [0.15, 0.2) is 23.6 Å². The monoisotopic (exact) mass is 402 g/mol. The number of carbonyl (C=O) groups is 2. The molecule has 1 aliphatic heterocycles.